The Kier molecular flexibility index (Phi) is 14.2. The maximum atomic E-state index is 14.2. The zero-order chi connectivity index (χ0) is 29.8. The average Bonchev–Trinajstić information content (AvgIpc) is 2.85. The number of phenols is 1. The van der Waals surface area contributed by atoms with Gasteiger partial charge in [-0.05, 0) is 82.6 Å². The highest BCUT2D eigenvalue weighted by molar-refractivity contribution is 7.98. The summed E-state index contributed by atoms with van der Waals surface area (Å²) in [6.45, 7) is 10.8. The quantitative estimate of drug-likeness (QED) is 0.287. The summed E-state index contributed by atoms with van der Waals surface area (Å²) in [5.74, 6) is -0.726. The standard InChI is InChI=1S/C28H45N3O7S/c1-18(2)9-10-19(3)31(26(35)22(15-16-39-8)30-27(36)38-28(4,5)6)24(20-11-13-21(32)14-12-20)25(34)29-17-23(33)37-7/h11-14,18-19,22,24,32H,9-10,15-17H2,1-8H3,(H,29,34)(H,30,36). The molecule has 11 heteroatoms. The van der Waals surface area contributed by atoms with E-state index in [1.165, 1.54) is 35.9 Å². The Hall–Kier alpha value is -2.95. The van der Waals surface area contributed by atoms with E-state index in [0.717, 1.165) is 6.42 Å². The Labute approximate surface area is 236 Å². The summed E-state index contributed by atoms with van der Waals surface area (Å²) in [5.41, 5.74) is -0.315. The predicted molar refractivity (Wildman–Crippen MR) is 152 cm³/mol. The van der Waals surface area contributed by atoms with Crippen LogP contribution in [0.25, 0.3) is 0 Å². The van der Waals surface area contributed by atoms with Crippen molar-refractivity contribution in [2.75, 3.05) is 25.7 Å². The van der Waals surface area contributed by atoms with Crippen molar-refractivity contribution >= 4 is 35.6 Å². The summed E-state index contributed by atoms with van der Waals surface area (Å²) in [4.78, 5) is 53.8. The van der Waals surface area contributed by atoms with Gasteiger partial charge in [0.05, 0.1) is 7.11 Å². The summed E-state index contributed by atoms with van der Waals surface area (Å²) in [6.07, 6.45) is 2.89. The van der Waals surface area contributed by atoms with E-state index in [2.05, 4.69) is 29.2 Å². The maximum absolute atomic E-state index is 14.2. The minimum atomic E-state index is -1.14. The average molecular weight is 568 g/mol. The Morgan fingerprint density at radius 1 is 1.03 bits per heavy atom. The second-order valence-corrected chi connectivity index (χ2v) is 11.8. The molecular formula is C28H45N3O7S. The number of nitrogens with zero attached hydrogens (tertiary/aromatic N) is 1. The molecule has 10 nitrogen and oxygen atoms in total. The van der Waals surface area contributed by atoms with Crippen LogP contribution in [0.5, 0.6) is 5.75 Å². The van der Waals surface area contributed by atoms with Crippen molar-refractivity contribution in [2.45, 2.75) is 84.5 Å². The van der Waals surface area contributed by atoms with Crippen LogP contribution in [0.15, 0.2) is 24.3 Å². The van der Waals surface area contributed by atoms with Gasteiger partial charge in [0.25, 0.3) is 0 Å². The topological polar surface area (TPSA) is 134 Å². The number of benzene rings is 1. The lowest BCUT2D eigenvalue weighted by molar-refractivity contribution is -0.146. The van der Waals surface area contributed by atoms with E-state index in [1.807, 2.05) is 13.2 Å². The molecule has 1 aromatic carbocycles. The van der Waals surface area contributed by atoms with E-state index in [4.69, 9.17) is 4.74 Å². The summed E-state index contributed by atoms with van der Waals surface area (Å²) in [5, 5.41) is 15.1. The molecule has 3 atom stereocenters. The number of carbonyl (C=O) groups excluding carboxylic acids is 4. The number of aromatic hydroxyl groups is 1. The number of alkyl carbamates (subject to hydrolysis) is 1. The second kappa shape index (κ2) is 16.2. The zero-order valence-corrected chi connectivity index (χ0v) is 25.2. The number of hydrogen-bond donors (Lipinski definition) is 3. The number of hydrogen-bond acceptors (Lipinski definition) is 8. The minimum absolute atomic E-state index is 0.00245. The Bertz CT molecular complexity index is 947. The van der Waals surface area contributed by atoms with Gasteiger partial charge in [0.2, 0.25) is 11.8 Å². The summed E-state index contributed by atoms with van der Waals surface area (Å²) >= 11 is 1.53. The number of nitrogens with one attached hydrogen (secondary N) is 2. The number of rotatable bonds is 14. The fourth-order valence-corrected chi connectivity index (χ4v) is 4.33. The molecule has 1 rings (SSSR count). The number of ether oxygens (including phenoxy) is 2. The lowest BCUT2D eigenvalue weighted by Crippen LogP contribution is -2.56. The van der Waals surface area contributed by atoms with Crippen LogP contribution in [0.3, 0.4) is 0 Å². The molecule has 3 N–H and O–H groups in total. The number of carbonyl (C=O) groups is 4. The van der Waals surface area contributed by atoms with Crippen molar-refractivity contribution < 1.29 is 33.8 Å². The van der Waals surface area contributed by atoms with Gasteiger partial charge in [-0.25, -0.2) is 4.79 Å². The summed E-state index contributed by atoms with van der Waals surface area (Å²) in [6, 6.07) is 3.49. The Morgan fingerprint density at radius 3 is 2.15 bits per heavy atom. The SMILES string of the molecule is COC(=O)CNC(=O)C(c1ccc(O)cc1)N(C(=O)C(CCSC)NC(=O)OC(C)(C)C)C(C)CCC(C)C. The van der Waals surface area contributed by atoms with Gasteiger partial charge in [0, 0.05) is 6.04 Å². The molecule has 3 unspecified atom stereocenters. The second-order valence-electron chi connectivity index (χ2n) is 10.8. The summed E-state index contributed by atoms with van der Waals surface area (Å²) < 4.78 is 10.1. The van der Waals surface area contributed by atoms with Gasteiger partial charge in [-0.15, -0.1) is 0 Å². The third-order valence-corrected chi connectivity index (χ3v) is 6.50. The molecule has 0 heterocycles. The van der Waals surface area contributed by atoms with Crippen LogP contribution in [0.2, 0.25) is 0 Å². The van der Waals surface area contributed by atoms with Crippen molar-refractivity contribution in [3.8, 4) is 5.75 Å². The van der Waals surface area contributed by atoms with Crippen LogP contribution in [-0.4, -0.2) is 77.2 Å². The highest BCUT2D eigenvalue weighted by atomic mass is 32.2. The van der Waals surface area contributed by atoms with Gasteiger partial charge >= 0.3 is 12.1 Å². The molecule has 0 aliphatic heterocycles. The Morgan fingerprint density at radius 2 is 1.64 bits per heavy atom. The first-order valence-corrected chi connectivity index (χ1v) is 14.5. The summed E-state index contributed by atoms with van der Waals surface area (Å²) in [7, 11) is 1.22. The lowest BCUT2D eigenvalue weighted by atomic mass is 9.96. The molecule has 0 bridgehead atoms. The third-order valence-electron chi connectivity index (χ3n) is 5.86. The highest BCUT2D eigenvalue weighted by Gasteiger charge is 2.39. The van der Waals surface area contributed by atoms with Gasteiger partial charge in [-0.1, -0.05) is 26.0 Å². The number of methoxy groups -OCH3 is 1. The maximum Gasteiger partial charge on any atom is 0.408 e. The first kappa shape index (κ1) is 34.1. The Balaban J connectivity index is 3.57. The van der Waals surface area contributed by atoms with E-state index in [-0.39, 0.29) is 12.3 Å². The van der Waals surface area contributed by atoms with E-state index in [9.17, 15) is 24.3 Å². The van der Waals surface area contributed by atoms with Crippen LogP contribution in [0.4, 0.5) is 4.79 Å². The predicted octanol–water partition coefficient (Wildman–Crippen LogP) is 4.02. The first-order valence-electron chi connectivity index (χ1n) is 13.1. The van der Waals surface area contributed by atoms with Gasteiger partial charge in [0.1, 0.15) is 30.0 Å². The largest absolute Gasteiger partial charge is 0.508 e. The molecule has 0 spiro atoms. The molecule has 0 aromatic heterocycles. The zero-order valence-electron chi connectivity index (χ0n) is 24.4. The van der Waals surface area contributed by atoms with Gasteiger partial charge in [0.15, 0.2) is 0 Å². The number of thioether (sulfide) groups is 1. The fraction of sp³-hybridized carbons (Fsp3) is 0.643. The van der Waals surface area contributed by atoms with Gasteiger partial charge < -0.3 is 30.1 Å². The number of amides is 3. The van der Waals surface area contributed by atoms with Crippen LogP contribution >= 0.6 is 11.8 Å². The molecule has 3 amide bonds. The number of phenolic OH excluding ortho intramolecular Hbond substituents is 1. The van der Waals surface area contributed by atoms with Crippen LogP contribution in [0, 0.1) is 5.92 Å². The van der Waals surface area contributed by atoms with Crippen molar-refractivity contribution in [1.29, 1.82) is 0 Å². The van der Waals surface area contributed by atoms with Crippen LogP contribution in [-0.2, 0) is 23.9 Å². The molecule has 220 valence electrons. The molecule has 0 radical (unpaired) electrons. The van der Waals surface area contributed by atoms with Crippen LogP contribution < -0.4 is 10.6 Å². The van der Waals surface area contributed by atoms with E-state index < -0.39 is 47.6 Å². The molecular weight excluding hydrogens is 522 g/mol. The molecule has 0 aliphatic rings. The lowest BCUT2D eigenvalue weighted by Gasteiger charge is -2.38. The normalized spacial score (nSPS) is 13.7. The molecule has 1 aromatic rings. The monoisotopic (exact) mass is 567 g/mol. The molecule has 0 fully saturated rings. The van der Waals surface area contributed by atoms with E-state index >= 15 is 0 Å². The van der Waals surface area contributed by atoms with Crippen molar-refractivity contribution in [1.82, 2.24) is 15.5 Å². The van der Waals surface area contributed by atoms with Gasteiger partial charge in [-0.2, -0.15) is 11.8 Å². The first-order chi connectivity index (χ1) is 18.2. The third kappa shape index (κ3) is 12.2. The van der Waals surface area contributed by atoms with Crippen molar-refractivity contribution in [3.05, 3.63) is 29.8 Å². The molecule has 0 aliphatic carbocycles. The smallest absolute Gasteiger partial charge is 0.408 e. The molecule has 0 saturated heterocycles. The van der Waals surface area contributed by atoms with Crippen LogP contribution in [0.1, 0.15) is 72.4 Å². The van der Waals surface area contributed by atoms with E-state index in [0.29, 0.717) is 30.1 Å². The van der Waals surface area contributed by atoms with Gasteiger partial charge in [-0.3, -0.25) is 14.4 Å². The highest BCUT2D eigenvalue weighted by Crippen LogP contribution is 2.29. The van der Waals surface area contributed by atoms with Crippen molar-refractivity contribution in [3.63, 3.8) is 0 Å². The fourth-order valence-electron chi connectivity index (χ4n) is 3.86. The molecule has 39 heavy (non-hydrogen) atoms. The van der Waals surface area contributed by atoms with Crippen molar-refractivity contribution in [2.24, 2.45) is 5.92 Å². The number of esters is 1. The molecule has 0 saturated carbocycles. The van der Waals surface area contributed by atoms with E-state index in [1.54, 1.807) is 32.9 Å². The minimum Gasteiger partial charge on any atom is -0.508 e.